The molecule has 0 saturated carbocycles. The third kappa shape index (κ3) is 4.09. The number of methoxy groups -OCH3 is 1. The molecule has 4 aromatic rings. The molecule has 162 valence electrons. The molecule has 0 spiro atoms. The van der Waals surface area contributed by atoms with Gasteiger partial charge in [0.1, 0.15) is 17.0 Å². The van der Waals surface area contributed by atoms with Crippen LogP contribution in [0.15, 0.2) is 66.3 Å². The quantitative estimate of drug-likeness (QED) is 0.424. The Kier molecular flexibility index (Phi) is 5.83. The summed E-state index contributed by atoms with van der Waals surface area (Å²) in [5.74, 6) is 0.719. The van der Waals surface area contributed by atoms with E-state index in [1.165, 1.54) is 18.2 Å². The van der Waals surface area contributed by atoms with Crippen LogP contribution in [0.2, 0.25) is 0 Å². The van der Waals surface area contributed by atoms with Crippen LogP contribution in [-0.2, 0) is 11.3 Å². The van der Waals surface area contributed by atoms with E-state index < -0.39 is 0 Å². The van der Waals surface area contributed by atoms with Crippen LogP contribution < -0.4 is 4.90 Å². The number of carbonyl (C=O) groups excluding carboxylic acids is 1. The molecule has 0 unspecified atom stereocenters. The summed E-state index contributed by atoms with van der Waals surface area (Å²) in [6, 6.07) is 18.1. The zero-order valence-electron chi connectivity index (χ0n) is 17.9. The van der Waals surface area contributed by atoms with Crippen molar-refractivity contribution >= 4 is 33.3 Å². The number of thiophene rings is 1. The van der Waals surface area contributed by atoms with Crippen molar-refractivity contribution in [3.8, 4) is 11.1 Å². The highest BCUT2D eigenvalue weighted by molar-refractivity contribution is 7.17. The van der Waals surface area contributed by atoms with Crippen LogP contribution in [0.4, 0.5) is 5.82 Å². The minimum Gasteiger partial charge on any atom is -0.465 e. The Morgan fingerprint density at radius 3 is 2.62 bits per heavy atom. The third-order valence-corrected chi connectivity index (χ3v) is 6.75. The summed E-state index contributed by atoms with van der Waals surface area (Å²) in [5, 5.41) is 3.32. The highest BCUT2D eigenvalue weighted by atomic mass is 32.1. The van der Waals surface area contributed by atoms with E-state index in [2.05, 4.69) is 55.5 Å². The topological polar surface area (TPSA) is 58.6 Å². The van der Waals surface area contributed by atoms with Gasteiger partial charge in [-0.3, -0.25) is 4.90 Å². The Bertz CT molecular complexity index is 1230. The number of ether oxygens (including phenoxy) is 1. The summed E-state index contributed by atoms with van der Waals surface area (Å²) in [6.07, 6.45) is 1.67. The van der Waals surface area contributed by atoms with Gasteiger partial charge in [0.05, 0.1) is 18.1 Å². The van der Waals surface area contributed by atoms with Crippen LogP contribution in [-0.4, -0.2) is 54.1 Å². The third-order valence-electron chi connectivity index (χ3n) is 5.86. The maximum Gasteiger partial charge on any atom is 0.337 e. The van der Waals surface area contributed by atoms with E-state index in [1.807, 2.05) is 18.2 Å². The van der Waals surface area contributed by atoms with Gasteiger partial charge >= 0.3 is 5.97 Å². The van der Waals surface area contributed by atoms with Crippen molar-refractivity contribution in [2.24, 2.45) is 0 Å². The second-order valence-electron chi connectivity index (χ2n) is 7.85. The van der Waals surface area contributed by atoms with Gasteiger partial charge in [0.15, 0.2) is 0 Å². The molecular weight excluding hydrogens is 420 g/mol. The molecule has 0 radical (unpaired) electrons. The number of piperazine rings is 1. The fourth-order valence-corrected chi connectivity index (χ4v) is 5.13. The van der Waals surface area contributed by atoms with Crippen molar-refractivity contribution in [1.29, 1.82) is 0 Å². The lowest BCUT2D eigenvalue weighted by molar-refractivity contribution is 0.0600. The van der Waals surface area contributed by atoms with Crippen LogP contribution in [0.3, 0.4) is 0 Å². The fraction of sp³-hybridized carbons (Fsp3) is 0.240. The van der Waals surface area contributed by atoms with Crippen LogP contribution in [0, 0.1) is 0 Å². The van der Waals surface area contributed by atoms with E-state index >= 15 is 0 Å². The Morgan fingerprint density at radius 1 is 1.03 bits per heavy atom. The minimum atomic E-state index is -0.297. The summed E-state index contributed by atoms with van der Waals surface area (Å²) in [5.41, 5.74) is 4.11. The molecule has 1 aliphatic heterocycles. The molecule has 0 bridgehead atoms. The van der Waals surface area contributed by atoms with Crippen molar-refractivity contribution < 1.29 is 9.53 Å². The van der Waals surface area contributed by atoms with Gasteiger partial charge in [0.25, 0.3) is 0 Å². The molecule has 1 aliphatic rings. The number of esters is 1. The van der Waals surface area contributed by atoms with Gasteiger partial charge in [-0.2, -0.15) is 0 Å². The van der Waals surface area contributed by atoms with E-state index in [-0.39, 0.29) is 5.97 Å². The van der Waals surface area contributed by atoms with Gasteiger partial charge in [-0.15, -0.1) is 11.3 Å². The van der Waals surface area contributed by atoms with E-state index in [4.69, 9.17) is 4.74 Å². The number of rotatable bonds is 5. The molecule has 2 aromatic heterocycles. The fourth-order valence-electron chi connectivity index (χ4n) is 4.22. The van der Waals surface area contributed by atoms with E-state index in [1.54, 1.807) is 23.7 Å². The van der Waals surface area contributed by atoms with E-state index in [9.17, 15) is 4.79 Å². The maximum absolute atomic E-state index is 11.8. The molecule has 0 atom stereocenters. The van der Waals surface area contributed by atoms with Crippen LogP contribution >= 0.6 is 11.3 Å². The molecule has 0 aliphatic carbocycles. The smallest absolute Gasteiger partial charge is 0.337 e. The summed E-state index contributed by atoms with van der Waals surface area (Å²) in [4.78, 5) is 26.8. The predicted octanol–water partition coefficient (Wildman–Crippen LogP) is 4.47. The average molecular weight is 445 g/mol. The molecule has 32 heavy (non-hydrogen) atoms. The highest BCUT2D eigenvalue weighted by Crippen LogP contribution is 2.38. The molecule has 1 fully saturated rings. The summed E-state index contributed by atoms with van der Waals surface area (Å²) >= 11 is 1.67. The number of hydrogen-bond acceptors (Lipinski definition) is 7. The first-order valence-electron chi connectivity index (χ1n) is 10.6. The van der Waals surface area contributed by atoms with Crippen molar-refractivity contribution in [2.75, 3.05) is 38.2 Å². The Labute approximate surface area is 191 Å². The average Bonchev–Trinajstić information content (AvgIpc) is 3.29. The first-order chi connectivity index (χ1) is 15.7. The second-order valence-corrected chi connectivity index (χ2v) is 8.71. The van der Waals surface area contributed by atoms with Crippen molar-refractivity contribution in [3.63, 3.8) is 0 Å². The molecule has 0 N–H and O–H groups in total. The van der Waals surface area contributed by atoms with Gasteiger partial charge in [-0.05, 0) is 23.3 Å². The van der Waals surface area contributed by atoms with Crippen molar-refractivity contribution in [3.05, 3.63) is 77.4 Å². The van der Waals surface area contributed by atoms with Gasteiger partial charge < -0.3 is 9.64 Å². The van der Waals surface area contributed by atoms with Crippen LogP contribution in [0.5, 0.6) is 0 Å². The molecular formula is C25H24N4O2S. The van der Waals surface area contributed by atoms with E-state index in [0.29, 0.717) is 5.56 Å². The summed E-state index contributed by atoms with van der Waals surface area (Å²) in [7, 11) is 1.41. The zero-order chi connectivity index (χ0) is 21.9. The minimum absolute atomic E-state index is 0.297. The lowest BCUT2D eigenvalue weighted by Gasteiger charge is -2.35. The number of hydrogen-bond donors (Lipinski definition) is 0. The molecule has 0 amide bonds. The standard InChI is InChI=1S/C25H24N4O2S/c1-31-25(30)20-9-5-6-18(14-20)15-28-10-12-29(13-11-28)23-22-21(19-7-3-2-4-8-19)16-32-24(22)27-17-26-23/h2-9,14,16-17H,10-13,15H2,1H3. The van der Waals surface area contributed by atoms with Gasteiger partial charge in [0, 0.05) is 43.7 Å². The van der Waals surface area contributed by atoms with E-state index in [0.717, 1.165) is 54.3 Å². The number of aromatic nitrogens is 2. The molecule has 1 saturated heterocycles. The normalized spacial score (nSPS) is 14.6. The number of anilines is 1. The predicted molar refractivity (Wildman–Crippen MR) is 128 cm³/mol. The monoisotopic (exact) mass is 444 g/mol. The van der Waals surface area contributed by atoms with Crippen molar-refractivity contribution in [1.82, 2.24) is 14.9 Å². The van der Waals surface area contributed by atoms with Gasteiger partial charge in [-0.1, -0.05) is 42.5 Å². The molecule has 5 rings (SSSR count). The largest absolute Gasteiger partial charge is 0.465 e. The molecule has 7 heteroatoms. The second kappa shape index (κ2) is 9.06. The zero-order valence-corrected chi connectivity index (χ0v) is 18.7. The van der Waals surface area contributed by atoms with Crippen molar-refractivity contribution in [2.45, 2.75) is 6.54 Å². The van der Waals surface area contributed by atoms with Crippen LogP contribution in [0.1, 0.15) is 15.9 Å². The number of fused-ring (bicyclic) bond motifs is 1. The first-order valence-corrected chi connectivity index (χ1v) is 11.5. The Hall–Kier alpha value is -3.29. The summed E-state index contributed by atoms with van der Waals surface area (Å²) in [6.45, 7) is 4.46. The maximum atomic E-state index is 11.8. The van der Waals surface area contributed by atoms with Gasteiger partial charge in [0.2, 0.25) is 0 Å². The number of nitrogens with zero attached hydrogens (tertiary/aromatic N) is 4. The molecule has 2 aromatic carbocycles. The Morgan fingerprint density at radius 2 is 1.84 bits per heavy atom. The first kappa shape index (κ1) is 20.6. The highest BCUT2D eigenvalue weighted by Gasteiger charge is 2.22. The van der Waals surface area contributed by atoms with Gasteiger partial charge in [-0.25, -0.2) is 14.8 Å². The molecule has 3 heterocycles. The summed E-state index contributed by atoms with van der Waals surface area (Å²) < 4.78 is 4.84. The number of carbonyl (C=O) groups is 1. The number of benzene rings is 2. The van der Waals surface area contributed by atoms with Crippen LogP contribution in [0.25, 0.3) is 21.3 Å². The lowest BCUT2D eigenvalue weighted by atomic mass is 10.1. The lowest BCUT2D eigenvalue weighted by Crippen LogP contribution is -2.46. The SMILES string of the molecule is COC(=O)c1cccc(CN2CCN(c3ncnc4scc(-c5ccccc5)c34)CC2)c1. The Balaban J connectivity index is 1.33. The molecule has 6 nitrogen and oxygen atoms in total.